The van der Waals surface area contributed by atoms with Gasteiger partial charge in [0.15, 0.2) is 0 Å². The second kappa shape index (κ2) is 8.91. The summed E-state index contributed by atoms with van der Waals surface area (Å²) in [5.74, 6) is 0.0797. The first kappa shape index (κ1) is 16.9. The molecule has 106 valence electrons. The third-order valence-corrected chi connectivity index (χ3v) is 2.42. The molecule has 0 aromatic carbocycles. The van der Waals surface area contributed by atoms with Gasteiger partial charge in [-0.05, 0) is 26.7 Å². The molecule has 1 N–H and O–H groups in total. The molecule has 18 heavy (non-hydrogen) atoms. The lowest BCUT2D eigenvalue weighted by molar-refractivity contribution is -0.145. The SMILES string of the molecule is CCOC(=O)CN(CC(=O)NCC(C)C)C(C)C. The molecule has 0 saturated carbocycles. The number of nitrogens with zero attached hydrogens (tertiary/aromatic N) is 1. The molecular weight excluding hydrogens is 232 g/mol. The fourth-order valence-corrected chi connectivity index (χ4v) is 1.35. The van der Waals surface area contributed by atoms with Gasteiger partial charge in [0.2, 0.25) is 5.91 Å². The molecule has 0 rings (SSSR count). The van der Waals surface area contributed by atoms with Crippen molar-refractivity contribution in [3.63, 3.8) is 0 Å². The van der Waals surface area contributed by atoms with Crippen LogP contribution in [0.3, 0.4) is 0 Å². The highest BCUT2D eigenvalue weighted by atomic mass is 16.5. The van der Waals surface area contributed by atoms with Crippen molar-refractivity contribution in [2.45, 2.75) is 40.7 Å². The van der Waals surface area contributed by atoms with Crippen LogP contribution in [0.2, 0.25) is 0 Å². The van der Waals surface area contributed by atoms with Crippen LogP contribution in [0, 0.1) is 5.92 Å². The number of hydrogen-bond acceptors (Lipinski definition) is 4. The lowest BCUT2D eigenvalue weighted by atomic mass is 10.2. The summed E-state index contributed by atoms with van der Waals surface area (Å²) in [6, 6.07) is 0.124. The van der Waals surface area contributed by atoms with Crippen LogP contribution in [0.1, 0.15) is 34.6 Å². The summed E-state index contributed by atoms with van der Waals surface area (Å²) in [4.78, 5) is 24.9. The van der Waals surface area contributed by atoms with Crippen LogP contribution in [-0.2, 0) is 14.3 Å². The maximum absolute atomic E-state index is 11.7. The zero-order valence-corrected chi connectivity index (χ0v) is 12.2. The first-order chi connectivity index (χ1) is 8.36. The van der Waals surface area contributed by atoms with Gasteiger partial charge in [0.1, 0.15) is 0 Å². The van der Waals surface area contributed by atoms with Crippen molar-refractivity contribution in [3.8, 4) is 0 Å². The maximum Gasteiger partial charge on any atom is 0.320 e. The predicted molar refractivity (Wildman–Crippen MR) is 71.2 cm³/mol. The number of carbonyl (C=O) groups excluding carboxylic acids is 2. The minimum absolute atomic E-state index is 0.0540. The van der Waals surface area contributed by atoms with Crippen molar-refractivity contribution in [2.75, 3.05) is 26.2 Å². The molecule has 0 aromatic heterocycles. The molecule has 1 amide bonds. The van der Waals surface area contributed by atoms with Crippen molar-refractivity contribution >= 4 is 11.9 Å². The quantitative estimate of drug-likeness (QED) is 0.661. The van der Waals surface area contributed by atoms with E-state index in [1.807, 2.05) is 27.7 Å². The van der Waals surface area contributed by atoms with Crippen LogP contribution in [0.25, 0.3) is 0 Å². The van der Waals surface area contributed by atoms with Gasteiger partial charge in [-0.25, -0.2) is 0 Å². The first-order valence-corrected chi connectivity index (χ1v) is 6.53. The monoisotopic (exact) mass is 258 g/mol. The Balaban J connectivity index is 4.18. The lowest BCUT2D eigenvalue weighted by Gasteiger charge is -2.24. The van der Waals surface area contributed by atoms with Gasteiger partial charge in [-0.15, -0.1) is 0 Å². The molecule has 0 spiro atoms. The van der Waals surface area contributed by atoms with Gasteiger partial charge < -0.3 is 10.1 Å². The summed E-state index contributed by atoms with van der Waals surface area (Å²) in [6.45, 7) is 11.2. The Morgan fingerprint density at radius 2 is 1.78 bits per heavy atom. The number of rotatable bonds is 8. The molecule has 0 fully saturated rings. The number of carbonyl (C=O) groups is 2. The Morgan fingerprint density at radius 1 is 1.17 bits per heavy atom. The number of amides is 1. The topological polar surface area (TPSA) is 58.6 Å². The van der Waals surface area contributed by atoms with Gasteiger partial charge in [-0.1, -0.05) is 13.8 Å². The van der Waals surface area contributed by atoms with Crippen LogP contribution < -0.4 is 5.32 Å². The van der Waals surface area contributed by atoms with Gasteiger partial charge in [0, 0.05) is 12.6 Å². The summed E-state index contributed by atoms with van der Waals surface area (Å²) < 4.78 is 4.89. The van der Waals surface area contributed by atoms with Crippen molar-refractivity contribution in [3.05, 3.63) is 0 Å². The summed E-state index contributed by atoms with van der Waals surface area (Å²) >= 11 is 0. The summed E-state index contributed by atoms with van der Waals surface area (Å²) in [5, 5.41) is 2.84. The lowest BCUT2D eigenvalue weighted by Crippen LogP contribution is -2.44. The molecule has 5 nitrogen and oxygen atoms in total. The average molecular weight is 258 g/mol. The third kappa shape index (κ3) is 8.06. The Morgan fingerprint density at radius 3 is 2.22 bits per heavy atom. The molecule has 0 aromatic rings. The molecule has 0 saturated heterocycles. The Kier molecular flexibility index (Phi) is 8.37. The van der Waals surface area contributed by atoms with E-state index in [9.17, 15) is 9.59 Å². The second-order valence-corrected chi connectivity index (χ2v) is 5.00. The van der Waals surface area contributed by atoms with Gasteiger partial charge in [0.25, 0.3) is 0 Å². The van der Waals surface area contributed by atoms with Crippen LogP contribution in [-0.4, -0.2) is 49.1 Å². The molecule has 0 radical (unpaired) electrons. The highest BCUT2D eigenvalue weighted by Crippen LogP contribution is 1.99. The van der Waals surface area contributed by atoms with E-state index in [2.05, 4.69) is 5.32 Å². The largest absolute Gasteiger partial charge is 0.465 e. The Hall–Kier alpha value is -1.10. The van der Waals surface area contributed by atoms with E-state index in [-0.39, 0.29) is 31.0 Å². The fraction of sp³-hybridized carbons (Fsp3) is 0.846. The molecule has 0 bridgehead atoms. The number of esters is 1. The van der Waals surface area contributed by atoms with Crippen LogP contribution in [0.5, 0.6) is 0 Å². The van der Waals surface area contributed by atoms with Gasteiger partial charge in [0.05, 0.1) is 19.7 Å². The minimum Gasteiger partial charge on any atom is -0.465 e. The molecule has 5 heteroatoms. The van der Waals surface area contributed by atoms with Gasteiger partial charge in [-0.2, -0.15) is 0 Å². The smallest absolute Gasteiger partial charge is 0.320 e. The molecule has 0 unspecified atom stereocenters. The minimum atomic E-state index is -0.289. The van der Waals surface area contributed by atoms with E-state index in [0.717, 1.165) is 0 Å². The number of hydrogen-bond donors (Lipinski definition) is 1. The summed E-state index contributed by atoms with van der Waals surface area (Å²) in [5.41, 5.74) is 0. The Bertz CT molecular complexity index is 265. The van der Waals surface area contributed by atoms with E-state index in [1.54, 1.807) is 11.8 Å². The fourth-order valence-electron chi connectivity index (χ4n) is 1.35. The zero-order valence-electron chi connectivity index (χ0n) is 12.2. The normalized spacial score (nSPS) is 11.1. The third-order valence-electron chi connectivity index (χ3n) is 2.42. The predicted octanol–water partition coefficient (Wildman–Crippen LogP) is 1.03. The van der Waals surface area contributed by atoms with Crippen LogP contribution in [0.4, 0.5) is 0 Å². The molecular formula is C13H26N2O3. The first-order valence-electron chi connectivity index (χ1n) is 6.53. The summed E-state index contributed by atoms with van der Waals surface area (Å²) in [7, 11) is 0. The molecule has 0 aliphatic carbocycles. The van der Waals surface area contributed by atoms with E-state index in [4.69, 9.17) is 4.74 Å². The highest BCUT2D eigenvalue weighted by Gasteiger charge is 2.17. The molecule has 0 aliphatic heterocycles. The highest BCUT2D eigenvalue weighted by molar-refractivity contribution is 5.79. The number of nitrogens with one attached hydrogen (secondary N) is 1. The van der Waals surface area contributed by atoms with Crippen molar-refractivity contribution in [1.29, 1.82) is 0 Å². The Labute approximate surface area is 110 Å². The van der Waals surface area contributed by atoms with Gasteiger partial charge in [-0.3, -0.25) is 14.5 Å². The number of ether oxygens (including phenoxy) is 1. The zero-order chi connectivity index (χ0) is 14.1. The second-order valence-electron chi connectivity index (χ2n) is 5.00. The van der Waals surface area contributed by atoms with E-state index < -0.39 is 0 Å². The van der Waals surface area contributed by atoms with Crippen LogP contribution in [0.15, 0.2) is 0 Å². The van der Waals surface area contributed by atoms with E-state index in [1.165, 1.54) is 0 Å². The standard InChI is InChI=1S/C13H26N2O3/c1-6-18-13(17)9-15(11(4)5)8-12(16)14-7-10(2)3/h10-11H,6-9H2,1-5H3,(H,14,16). The van der Waals surface area contributed by atoms with Crippen molar-refractivity contribution in [2.24, 2.45) is 5.92 Å². The molecule has 0 aliphatic rings. The van der Waals surface area contributed by atoms with Crippen molar-refractivity contribution < 1.29 is 14.3 Å². The molecule has 0 heterocycles. The van der Waals surface area contributed by atoms with Crippen molar-refractivity contribution in [1.82, 2.24) is 10.2 Å². The molecule has 0 atom stereocenters. The van der Waals surface area contributed by atoms with E-state index in [0.29, 0.717) is 19.1 Å². The van der Waals surface area contributed by atoms with Gasteiger partial charge >= 0.3 is 5.97 Å². The average Bonchev–Trinajstić information content (AvgIpc) is 2.25. The maximum atomic E-state index is 11.7. The van der Waals surface area contributed by atoms with Crippen LogP contribution >= 0.6 is 0 Å². The van der Waals surface area contributed by atoms with E-state index >= 15 is 0 Å². The summed E-state index contributed by atoms with van der Waals surface area (Å²) in [6.07, 6.45) is 0.